The number of hydrazone groups is 1. The van der Waals surface area contributed by atoms with E-state index >= 15 is 0 Å². The second kappa shape index (κ2) is 10.2. The SMILES string of the molecule is COc1cc(/C=C2\C(=N)N3N=C(S(C)(=O)=O)SC3=NC2=O)ccc1OCCOc1ccc(C)c(C)c1. The molecule has 0 saturated heterocycles. The molecule has 188 valence electrons. The molecule has 0 radical (unpaired) electrons. The summed E-state index contributed by atoms with van der Waals surface area (Å²) in [6.07, 6.45) is 2.48. The Morgan fingerprint density at radius 3 is 2.50 bits per heavy atom. The number of nitrogens with zero attached hydrogens (tertiary/aromatic N) is 3. The van der Waals surface area contributed by atoms with Crippen LogP contribution in [0.5, 0.6) is 17.2 Å². The molecule has 2 heterocycles. The average Bonchev–Trinajstić information content (AvgIpc) is 3.27. The number of carbonyl (C=O) groups is 1. The Morgan fingerprint density at radius 2 is 1.81 bits per heavy atom. The molecule has 0 unspecified atom stereocenters. The van der Waals surface area contributed by atoms with Gasteiger partial charge < -0.3 is 14.2 Å². The molecule has 0 atom stereocenters. The summed E-state index contributed by atoms with van der Waals surface area (Å²) in [5, 5.41) is 13.4. The van der Waals surface area contributed by atoms with E-state index in [0.29, 0.717) is 23.7 Å². The van der Waals surface area contributed by atoms with Crippen LogP contribution in [0.2, 0.25) is 0 Å². The molecule has 1 N–H and O–H groups in total. The van der Waals surface area contributed by atoms with Crippen molar-refractivity contribution in [1.29, 1.82) is 5.41 Å². The number of hydrogen-bond acceptors (Lipinski definition) is 9. The molecule has 0 spiro atoms. The topological polar surface area (TPSA) is 131 Å². The van der Waals surface area contributed by atoms with Crippen LogP contribution in [0.1, 0.15) is 16.7 Å². The van der Waals surface area contributed by atoms with Gasteiger partial charge in [-0.1, -0.05) is 12.1 Å². The molecule has 0 fully saturated rings. The van der Waals surface area contributed by atoms with E-state index < -0.39 is 15.7 Å². The number of rotatable bonds is 7. The summed E-state index contributed by atoms with van der Waals surface area (Å²) in [6.45, 7) is 4.70. The molecule has 1 amide bonds. The molecule has 0 aromatic heterocycles. The second-order valence-electron chi connectivity index (χ2n) is 8.01. The van der Waals surface area contributed by atoms with Gasteiger partial charge in [-0.05, 0) is 72.6 Å². The molecule has 0 bridgehead atoms. The third-order valence-corrected chi connectivity index (χ3v) is 7.92. The van der Waals surface area contributed by atoms with Gasteiger partial charge in [0.05, 0.1) is 12.7 Å². The molecule has 0 aliphatic carbocycles. The molecule has 12 heteroatoms. The maximum absolute atomic E-state index is 12.6. The van der Waals surface area contributed by atoms with Gasteiger partial charge in [-0.2, -0.15) is 10.0 Å². The lowest BCUT2D eigenvalue weighted by Gasteiger charge is -2.20. The Hall–Kier alpha value is -3.64. The van der Waals surface area contributed by atoms with E-state index in [1.54, 1.807) is 18.2 Å². The molecule has 36 heavy (non-hydrogen) atoms. The van der Waals surface area contributed by atoms with Crippen LogP contribution < -0.4 is 14.2 Å². The number of benzene rings is 2. The highest BCUT2D eigenvalue weighted by Crippen LogP contribution is 2.32. The zero-order valence-electron chi connectivity index (χ0n) is 20.1. The van der Waals surface area contributed by atoms with Crippen molar-refractivity contribution in [3.05, 3.63) is 58.7 Å². The van der Waals surface area contributed by atoms with Crippen molar-refractivity contribution < 1.29 is 27.4 Å². The van der Waals surface area contributed by atoms with Crippen LogP contribution >= 0.6 is 11.8 Å². The third-order valence-electron chi connectivity index (χ3n) is 5.34. The number of ether oxygens (including phenoxy) is 3. The summed E-state index contributed by atoms with van der Waals surface area (Å²) in [5.74, 6) is 0.770. The van der Waals surface area contributed by atoms with Crippen molar-refractivity contribution in [1.82, 2.24) is 5.01 Å². The number of hydrogen-bond donors (Lipinski definition) is 1. The highest BCUT2D eigenvalue weighted by molar-refractivity contribution is 8.42. The van der Waals surface area contributed by atoms with E-state index in [4.69, 9.17) is 19.6 Å². The summed E-state index contributed by atoms with van der Waals surface area (Å²) in [4.78, 5) is 16.4. The Morgan fingerprint density at radius 1 is 1.06 bits per heavy atom. The van der Waals surface area contributed by atoms with Crippen LogP contribution in [0.4, 0.5) is 0 Å². The maximum Gasteiger partial charge on any atom is 0.283 e. The molecule has 4 rings (SSSR count). The van der Waals surface area contributed by atoms with E-state index in [1.165, 1.54) is 18.7 Å². The summed E-state index contributed by atoms with van der Waals surface area (Å²) < 4.78 is 40.4. The lowest BCUT2D eigenvalue weighted by molar-refractivity contribution is -0.114. The van der Waals surface area contributed by atoms with Crippen molar-refractivity contribution in [2.75, 3.05) is 26.6 Å². The maximum atomic E-state index is 12.6. The van der Waals surface area contributed by atoms with Crippen molar-refractivity contribution in [2.24, 2.45) is 10.1 Å². The van der Waals surface area contributed by atoms with E-state index in [1.807, 2.05) is 32.0 Å². The van der Waals surface area contributed by atoms with Crippen LogP contribution in [-0.4, -0.2) is 61.3 Å². The summed E-state index contributed by atoms with van der Waals surface area (Å²) in [5.41, 5.74) is 2.88. The Balaban J connectivity index is 1.45. The number of aryl methyl sites for hydroxylation is 2. The predicted octanol–water partition coefficient (Wildman–Crippen LogP) is 3.39. The van der Waals surface area contributed by atoms with Gasteiger partial charge >= 0.3 is 0 Å². The van der Waals surface area contributed by atoms with Crippen LogP contribution in [0.25, 0.3) is 6.08 Å². The number of aliphatic imine (C=N–C) groups is 1. The molecule has 2 aliphatic rings. The van der Waals surface area contributed by atoms with Gasteiger partial charge in [-0.25, -0.2) is 8.42 Å². The number of fused-ring (bicyclic) bond motifs is 1. The lowest BCUT2D eigenvalue weighted by atomic mass is 10.1. The molecule has 2 aromatic carbocycles. The Bertz CT molecular complexity index is 1450. The third kappa shape index (κ3) is 5.44. The smallest absolute Gasteiger partial charge is 0.283 e. The van der Waals surface area contributed by atoms with Gasteiger partial charge in [-0.15, -0.1) is 5.10 Å². The Kier molecular flexibility index (Phi) is 7.18. The average molecular weight is 529 g/mol. The van der Waals surface area contributed by atoms with Gasteiger partial charge in [0.2, 0.25) is 19.4 Å². The van der Waals surface area contributed by atoms with Gasteiger partial charge in [0.25, 0.3) is 5.91 Å². The minimum Gasteiger partial charge on any atom is -0.493 e. The monoisotopic (exact) mass is 528 g/mol. The number of amides is 1. The van der Waals surface area contributed by atoms with Crippen molar-refractivity contribution in [3.8, 4) is 17.2 Å². The van der Waals surface area contributed by atoms with E-state index in [2.05, 4.69) is 10.1 Å². The first-order valence-electron chi connectivity index (χ1n) is 10.8. The van der Waals surface area contributed by atoms with Crippen molar-refractivity contribution >= 4 is 49.0 Å². The van der Waals surface area contributed by atoms with Gasteiger partial charge in [0, 0.05) is 6.26 Å². The lowest BCUT2D eigenvalue weighted by Crippen LogP contribution is -2.35. The zero-order valence-corrected chi connectivity index (χ0v) is 21.7. The normalized spacial score (nSPS) is 16.6. The quantitative estimate of drug-likeness (QED) is 0.427. The second-order valence-corrected chi connectivity index (χ2v) is 11.2. The number of carbonyl (C=O) groups excluding carboxylic acids is 1. The van der Waals surface area contributed by atoms with Crippen molar-refractivity contribution in [3.63, 3.8) is 0 Å². The van der Waals surface area contributed by atoms with E-state index in [0.717, 1.165) is 34.3 Å². The van der Waals surface area contributed by atoms with Gasteiger partial charge in [-0.3, -0.25) is 10.2 Å². The highest BCUT2D eigenvalue weighted by atomic mass is 32.3. The summed E-state index contributed by atoms with van der Waals surface area (Å²) in [6, 6.07) is 11.0. The first-order valence-corrected chi connectivity index (χ1v) is 13.5. The zero-order chi connectivity index (χ0) is 26.0. The van der Waals surface area contributed by atoms with Crippen LogP contribution in [0, 0.1) is 19.3 Å². The highest BCUT2D eigenvalue weighted by Gasteiger charge is 2.38. The van der Waals surface area contributed by atoms with Gasteiger partial charge in [0.15, 0.2) is 17.3 Å². The standard InChI is InChI=1S/C24H24N4O6S2/c1-14-5-7-17(11-15(14)2)33-9-10-34-19-8-6-16(13-20(19)32-3)12-18-21(25)28-23(26-22(18)29)35-24(27-28)36(4,30)31/h5-8,11-13,25H,9-10H2,1-4H3/b18-12+,25-21?. The fourth-order valence-corrected chi connectivity index (χ4v) is 4.98. The summed E-state index contributed by atoms with van der Waals surface area (Å²) in [7, 11) is -2.10. The number of amidine groups is 2. The van der Waals surface area contributed by atoms with E-state index in [9.17, 15) is 13.2 Å². The first kappa shape index (κ1) is 25.5. The van der Waals surface area contributed by atoms with Gasteiger partial charge in [0.1, 0.15) is 19.0 Å². The fourth-order valence-electron chi connectivity index (χ4n) is 3.30. The molecular formula is C24H24N4O6S2. The van der Waals surface area contributed by atoms with Crippen LogP contribution in [0.15, 0.2) is 52.1 Å². The molecule has 10 nitrogen and oxygen atoms in total. The molecule has 2 aromatic rings. The van der Waals surface area contributed by atoms with Crippen LogP contribution in [0.3, 0.4) is 0 Å². The number of methoxy groups -OCH3 is 1. The minimum atomic E-state index is -3.60. The number of sulfone groups is 1. The Labute approximate surface area is 213 Å². The molecule has 2 aliphatic heterocycles. The largest absolute Gasteiger partial charge is 0.493 e. The number of nitrogens with one attached hydrogen (secondary N) is 1. The molecular weight excluding hydrogens is 504 g/mol. The summed E-state index contributed by atoms with van der Waals surface area (Å²) >= 11 is 0.737. The predicted molar refractivity (Wildman–Crippen MR) is 140 cm³/mol. The fraction of sp³-hybridized carbons (Fsp3) is 0.250. The minimum absolute atomic E-state index is 0.0321. The van der Waals surface area contributed by atoms with Crippen LogP contribution in [-0.2, 0) is 14.6 Å². The van der Waals surface area contributed by atoms with E-state index in [-0.39, 0.29) is 27.6 Å². The molecule has 0 saturated carbocycles. The number of thioether (sulfide) groups is 1. The first-order chi connectivity index (χ1) is 17.1. The van der Waals surface area contributed by atoms with Crippen molar-refractivity contribution in [2.45, 2.75) is 13.8 Å².